The van der Waals surface area contributed by atoms with E-state index in [4.69, 9.17) is 0 Å². The standard InChI is InChI=1S/C13H17N5OS/c1-2-11-15-12(17-16-11)9-3-5-18(6-4-9)13(19)10-7-20-8-14-10/h7-9H,2-6H2,1H3,(H,15,16,17). The molecular weight excluding hydrogens is 274 g/mol. The third-order valence-corrected chi connectivity index (χ3v) is 4.27. The molecule has 1 aliphatic rings. The average molecular weight is 291 g/mol. The highest BCUT2D eigenvalue weighted by Gasteiger charge is 2.27. The summed E-state index contributed by atoms with van der Waals surface area (Å²) in [6.07, 6.45) is 2.70. The molecule has 0 radical (unpaired) electrons. The molecule has 6 nitrogen and oxygen atoms in total. The number of amides is 1. The van der Waals surface area contributed by atoms with Crippen molar-refractivity contribution in [3.63, 3.8) is 0 Å². The van der Waals surface area contributed by atoms with E-state index in [-0.39, 0.29) is 5.91 Å². The van der Waals surface area contributed by atoms with E-state index in [2.05, 4.69) is 27.1 Å². The molecule has 1 N–H and O–H groups in total. The Bertz CT molecular complexity index is 571. The second-order valence-electron chi connectivity index (χ2n) is 4.93. The maximum absolute atomic E-state index is 12.2. The number of aryl methyl sites for hydroxylation is 1. The molecule has 2 aromatic rings. The number of H-pyrrole nitrogens is 1. The maximum Gasteiger partial charge on any atom is 0.273 e. The summed E-state index contributed by atoms with van der Waals surface area (Å²) in [6, 6.07) is 0. The number of carbonyl (C=O) groups excluding carboxylic acids is 1. The van der Waals surface area contributed by atoms with Gasteiger partial charge in [-0.1, -0.05) is 6.92 Å². The highest BCUT2D eigenvalue weighted by Crippen LogP contribution is 2.26. The summed E-state index contributed by atoms with van der Waals surface area (Å²) in [4.78, 5) is 22.6. The van der Waals surface area contributed by atoms with Crippen LogP contribution in [0.1, 0.15) is 47.8 Å². The zero-order valence-corrected chi connectivity index (χ0v) is 12.2. The van der Waals surface area contributed by atoms with Crippen LogP contribution in [0.3, 0.4) is 0 Å². The minimum atomic E-state index is 0.0361. The fourth-order valence-corrected chi connectivity index (χ4v) is 3.00. The molecule has 7 heteroatoms. The van der Waals surface area contributed by atoms with Crippen molar-refractivity contribution in [1.29, 1.82) is 0 Å². The number of nitrogens with zero attached hydrogens (tertiary/aromatic N) is 4. The van der Waals surface area contributed by atoms with E-state index in [0.29, 0.717) is 11.6 Å². The number of rotatable bonds is 3. The van der Waals surface area contributed by atoms with Crippen LogP contribution < -0.4 is 0 Å². The number of nitrogens with one attached hydrogen (secondary N) is 1. The van der Waals surface area contributed by atoms with Gasteiger partial charge in [-0.2, -0.15) is 5.10 Å². The van der Waals surface area contributed by atoms with E-state index in [0.717, 1.165) is 44.0 Å². The molecule has 0 aliphatic carbocycles. The molecule has 3 heterocycles. The number of thiazole rings is 1. The molecule has 0 saturated carbocycles. The number of carbonyl (C=O) groups is 1. The molecule has 1 aliphatic heterocycles. The third-order valence-electron chi connectivity index (χ3n) is 3.68. The Morgan fingerprint density at radius 1 is 1.50 bits per heavy atom. The maximum atomic E-state index is 12.2. The molecule has 3 rings (SSSR count). The lowest BCUT2D eigenvalue weighted by molar-refractivity contribution is 0.0706. The van der Waals surface area contributed by atoms with Gasteiger partial charge in [-0.15, -0.1) is 11.3 Å². The lowest BCUT2D eigenvalue weighted by atomic mass is 9.96. The van der Waals surface area contributed by atoms with Gasteiger partial charge in [-0.25, -0.2) is 9.97 Å². The van der Waals surface area contributed by atoms with Gasteiger partial charge in [-0.05, 0) is 12.8 Å². The van der Waals surface area contributed by atoms with E-state index >= 15 is 0 Å². The minimum Gasteiger partial charge on any atom is -0.337 e. The van der Waals surface area contributed by atoms with Crippen molar-refractivity contribution in [1.82, 2.24) is 25.1 Å². The lowest BCUT2D eigenvalue weighted by Crippen LogP contribution is -2.38. The Hall–Kier alpha value is -1.76. The van der Waals surface area contributed by atoms with Crippen LogP contribution in [0, 0.1) is 0 Å². The summed E-state index contributed by atoms with van der Waals surface area (Å²) in [5.74, 6) is 2.21. The first-order valence-electron chi connectivity index (χ1n) is 6.86. The summed E-state index contributed by atoms with van der Waals surface area (Å²) < 4.78 is 0. The Morgan fingerprint density at radius 2 is 2.30 bits per heavy atom. The normalized spacial score (nSPS) is 16.6. The first-order valence-corrected chi connectivity index (χ1v) is 7.81. The van der Waals surface area contributed by atoms with Crippen molar-refractivity contribution in [3.05, 3.63) is 28.2 Å². The van der Waals surface area contributed by atoms with E-state index in [1.165, 1.54) is 11.3 Å². The predicted molar refractivity (Wildman–Crippen MR) is 75.8 cm³/mol. The van der Waals surface area contributed by atoms with Gasteiger partial charge in [0.05, 0.1) is 5.51 Å². The van der Waals surface area contributed by atoms with Gasteiger partial charge < -0.3 is 4.90 Å². The fraction of sp³-hybridized carbons (Fsp3) is 0.538. The molecule has 0 aromatic carbocycles. The van der Waals surface area contributed by atoms with Gasteiger partial charge in [0.25, 0.3) is 5.91 Å². The number of hydrogen-bond donors (Lipinski definition) is 1. The van der Waals surface area contributed by atoms with Crippen LogP contribution in [0.4, 0.5) is 0 Å². The van der Waals surface area contributed by atoms with Crippen molar-refractivity contribution in [2.75, 3.05) is 13.1 Å². The van der Waals surface area contributed by atoms with Gasteiger partial charge in [0.2, 0.25) is 0 Å². The minimum absolute atomic E-state index is 0.0361. The van der Waals surface area contributed by atoms with Crippen LogP contribution in [0.15, 0.2) is 10.9 Å². The second-order valence-corrected chi connectivity index (χ2v) is 5.65. The highest BCUT2D eigenvalue weighted by molar-refractivity contribution is 7.07. The smallest absolute Gasteiger partial charge is 0.273 e. The van der Waals surface area contributed by atoms with Gasteiger partial charge in [0.1, 0.15) is 11.5 Å². The summed E-state index contributed by atoms with van der Waals surface area (Å²) >= 11 is 1.45. The van der Waals surface area contributed by atoms with Crippen LogP contribution in [0.2, 0.25) is 0 Å². The summed E-state index contributed by atoms with van der Waals surface area (Å²) in [5.41, 5.74) is 2.25. The van der Waals surface area contributed by atoms with Crippen LogP contribution in [-0.2, 0) is 6.42 Å². The number of aromatic amines is 1. The van der Waals surface area contributed by atoms with Crippen LogP contribution >= 0.6 is 11.3 Å². The Kier molecular flexibility index (Phi) is 3.77. The monoisotopic (exact) mass is 291 g/mol. The quantitative estimate of drug-likeness (QED) is 0.936. The Balaban J connectivity index is 1.60. The fourth-order valence-electron chi connectivity index (χ4n) is 2.47. The number of likely N-dealkylation sites (tertiary alicyclic amines) is 1. The number of aromatic nitrogens is 4. The van der Waals surface area contributed by atoms with Crippen molar-refractivity contribution in [3.8, 4) is 0 Å². The molecule has 0 unspecified atom stereocenters. The lowest BCUT2D eigenvalue weighted by Gasteiger charge is -2.30. The number of piperidine rings is 1. The molecular formula is C13H17N5OS. The Morgan fingerprint density at radius 3 is 2.90 bits per heavy atom. The van der Waals surface area contributed by atoms with Crippen LogP contribution in [-0.4, -0.2) is 44.1 Å². The molecule has 2 aromatic heterocycles. The number of hydrogen-bond acceptors (Lipinski definition) is 5. The Labute approximate surface area is 121 Å². The van der Waals surface area contributed by atoms with Crippen molar-refractivity contribution >= 4 is 17.2 Å². The molecule has 106 valence electrons. The molecule has 1 fully saturated rings. The van der Waals surface area contributed by atoms with Gasteiger partial charge >= 0.3 is 0 Å². The summed E-state index contributed by atoms with van der Waals surface area (Å²) in [5, 5.41) is 9.04. The van der Waals surface area contributed by atoms with Crippen molar-refractivity contribution in [2.45, 2.75) is 32.1 Å². The predicted octanol–water partition coefficient (Wildman–Crippen LogP) is 1.84. The molecule has 0 bridgehead atoms. The van der Waals surface area contributed by atoms with E-state index in [1.54, 1.807) is 10.9 Å². The van der Waals surface area contributed by atoms with Crippen LogP contribution in [0.5, 0.6) is 0 Å². The molecule has 20 heavy (non-hydrogen) atoms. The summed E-state index contributed by atoms with van der Waals surface area (Å²) in [6.45, 7) is 3.55. The zero-order chi connectivity index (χ0) is 13.9. The highest BCUT2D eigenvalue weighted by atomic mass is 32.1. The zero-order valence-electron chi connectivity index (χ0n) is 11.4. The first-order chi connectivity index (χ1) is 9.78. The van der Waals surface area contributed by atoms with Gasteiger partial charge in [0, 0.05) is 30.8 Å². The van der Waals surface area contributed by atoms with E-state index < -0.39 is 0 Å². The van der Waals surface area contributed by atoms with E-state index in [9.17, 15) is 4.79 Å². The second kappa shape index (κ2) is 5.70. The van der Waals surface area contributed by atoms with Gasteiger partial charge in [-0.3, -0.25) is 9.89 Å². The molecule has 0 spiro atoms. The van der Waals surface area contributed by atoms with Crippen LogP contribution in [0.25, 0.3) is 0 Å². The molecule has 0 atom stereocenters. The SMILES string of the molecule is CCc1nc(C2CCN(C(=O)c3cscn3)CC2)n[nH]1. The molecule has 1 saturated heterocycles. The van der Waals surface area contributed by atoms with Crippen molar-refractivity contribution in [2.24, 2.45) is 0 Å². The summed E-state index contributed by atoms with van der Waals surface area (Å²) in [7, 11) is 0. The van der Waals surface area contributed by atoms with Crippen molar-refractivity contribution < 1.29 is 4.79 Å². The van der Waals surface area contributed by atoms with Gasteiger partial charge in [0.15, 0.2) is 5.82 Å². The van der Waals surface area contributed by atoms with E-state index in [1.807, 2.05) is 4.90 Å². The topological polar surface area (TPSA) is 74.8 Å². The first kappa shape index (κ1) is 13.2. The third kappa shape index (κ3) is 2.58. The molecule has 1 amide bonds. The largest absolute Gasteiger partial charge is 0.337 e. The average Bonchev–Trinajstić information content (AvgIpc) is 3.18.